The quantitative estimate of drug-likeness (QED) is 0.388. The Morgan fingerprint density at radius 1 is 1.14 bits per heavy atom. The molecular formula is C25H27N9O3. The van der Waals surface area contributed by atoms with Crippen LogP contribution in [0.3, 0.4) is 0 Å². The summed E-state index contributed by atoms with van der Waals surface area (Å²) >= 11 is 0. The number of Topliss-reactive ketones (excluding diaryl/α,β-unsaturated/α-hetero) is 1. The Hall–Kier alpha value is -4.19. The number of hydrogen-bond donors (Lipinski definition) is 2. The number of nitrogens with two attached hydrogens (primary N) is 1. The molecule has 0 unspecified atom stereocenters. The zero-order valence-corrected chi connectivity index (χ0v) is 20.6. The van der Waals surface area contributed by atoms with Crippen LogP contribution in [0.4, 0.5) is 5.82 Å². The van der Waals surface area contributed by atoms with E-state index in [1.165, 1.54) is 11.4 Å². The Labute approximate surface area is 212 Å². The van der Waals surface area contributed by atoms with Gasteiger partial charge >= 0.3 is 0 Å². The Balaban J connectivity index is 1.41. The smallest absolute Gasteiger partial charge is 0.248 e. The number of amides is 1. The van der Waals surface area contributed by atoms with E-state index in [1.54, 1.807) is 30.5 Å². The number of fused-ring (bicyclic) bond motifs is 3. The summed E-state index contributed by atoms with van der Waals surface area (Å²) in [6.07, 6.45) is 8.10. The van der Waals surface area contributed by atoms with Gasteiger partial charge in [0.2, 0.25) is 5.91 Å². The van der Waals surface area contributed by atoms with Gasteiger partial charge in [0.15, 0.2) is 17.3 Å². The van der Waals surface area contributed by atoms with Crippen LogP contribution >= 0.6 is 0 Å². The van der Waals surface area contributed by atoms with E-state index in [2.05, 4.69) is 20.2 Å². The van der Waals surface area contributed by atoms with Crippen LogP contribution in [0.25, 0.3) is 28.3 Å². The Bertz CT molecular complexity index is 1510. The van der Waals surface area contributed by atoms with Gasteiger partial charge in [-0.1, -0.05) is 6.07 Å². The zero-order chi connectivity index (χ0) is 25.8. The monoisotopic (exact) mass is 501 g/mol. The largest absolute Gasteiger partial charge is 0.387 e. The molecular weight excluding hydrogens is 474 g/mol. The van der Waals surface area contributed by atoms with Crippen LogP contribution in [-0.4, -0.2) is 74.7 Å². The second-order valence-corrected chi connectivity index (χ2v) is 9.79. The average molecular weight is 502 g/mol. The van der Waals surface area contributed by atoms with E-state index >= 15 is 0 Å². The van der Waals surface area contributed by atoms with Crippen molar-refractivity contribution < 1.29 is 14.7 Å². The molecule has 12 nitrogen and oxygen atoms in total. The highest BCUT2D eigenvalue weighted by Gasteiger charge is 2.44. The highest BCUT2D eigenvalue weighted by Crippen LogP contribution is 2.44. The highest BCUT2D eigenvalue weighted by molar-refractivity contribution is 6.00. The molecule has 0 spiro atoms. The standard InChI is InChI=1S/C25H27N9O3/c1-13(36)21-22(15-7-16-4-5-17(8-15)33(16)20(37)11-35)30-25-18(10-29-34(25)23(21)26)14-3-6-19(27-9-14)24-28-12-32(2)31-24/h3,6,9-10,12,15-17,35H,4-5,7-8,11,26H2,1-2H3/t15-,16+,17-. The van der Waals surface area contributed by atoms with Crippen molar-refractivity contribution >= 4 is 23.2 Å². The number of pyridine rings is 1. The first-order chi connectivity index (χ1) is 17.9. The van der Waals surface area contributed by atoms with Crippen LogP contribution in [0.15, 0.2) is 30.9 Å². The third-order valence-electron chi connectivity index (χ3n) is 7.51. The molecule has 2 saturated heterocycles. The summed E-state index contributed by atoms with van der Waals surface area (Å²) in [5, 5.41) is 18.1. The first kappa shape index (κ1) is 23.2. The van der Waals surface area contributed by atoms with E-state index in [0.29, 0.717) is 41.3 Å². The molecule has 2 fully saturated rings. The van der Waals surface area contributed by atoms with Crippen molar-refractivity contribution in [1.29, 1.82) is 0 Å². The van der Waals surface area contributed by atoms with Gasteiger partial charge in [0.05, 0.1) is 17.5 Å². The Morgan fingerprint density at radius 3 is 2.49 bits per heavy atom. The summed E-state index contributed by atoms with van der Waals surface area (Å²) in [5.41, 5.74) is 10.3. The summed E-state index contributed by atoms with van der Waals surface area (Å²) < 4.78 is 3.12. The summed E-state index contributed by atoms with van der Waals surface area (Å²) in [6.45, 7) is 0.996. The fourth-order valence-corrected chi connectivity index (χ4v) is 5.92. The predicted octanol–water partition coefficient (Wildman–Crippen LogP) is 1.60. The lowest BCUT2D eigenvalue weighted by Crippen LogP contribution is -2.47. The van der Waals surface area contributed by atoms with Gasteiger partial charge < -0.3 is 15.7 Å². The first-order valence-corrected chi connectivity index (χ1v) is 12.3. The van der Waals surface area contributed by atoms with Crippen molar-refractivity contribution in [3.05, 3.63) is 42.1 Å². The summed E-state index contributed by atoms with van der Waals surface area (Å²) in [4.78, 5) is 40.6. The second-order valence-electron chi connectivity index (χ2n) is 9.79. The minimum Gasteiger partial charge on any atom is -0.387 e. The molecule has 0 radical (unpaired) electrons. The number of nitrogens with zero attached hydrogens (tertiary/aromatic N) is 8. The molecule has 12 heteroatoms. The fourth-order valence-electron chi connectivity index (χ4n) is 5.92. The number of aromatic nitrogens is 7. The normalized spacial score (nSPS) is 21.1. The number of carbonyl (C=O) groups is 2. The summed E-state index contributed by atoms with van der Waals surface area (Å²) in [5.74, 6) is 0.335. The molecule has 1 amide bonds. The van der Waals surface area contributed by atoms with E-state index in [-0.39, 0.29) is 35.5 Å². The van der Waals surface area contributed by atoms with Crippen molar-refractivity contribution in [2.75, 3.05) is 12.3 Å². The molecule has 6 rings (SSSR count). The summed E-state index contributed by atoms with van der Waals surface area (Å²) in [6, 6.07) is 3.78. The third kappa shape index (κ3) is 3.75. The molecule has 4 aromatic heterocycles. The van der Waals surface area contributed by atoms with Crippen molar-refractivity contribution in [2.45, 2.75) is 50.6 Å². The molecule has 3 atom stereocenters. The molecule has 190 valence electrons. The second kappa shape index (κ2) is 8.73. The maximum atomic E-state index is 12.7. The van der Waals surface area contributed by atoms with Crippen molar-refractivity contribution in [3.8, 4) is 22.6 Å². The van der Waals surface area contributed by atoms with Crippen molar-refractivity contribution in [1.82, 2.24) is 39.2 Å². The fraction of sp³-hybridized carbons (Fsp3) is 0.400. The van der Waals surface area contributed by atoms with Crippen molar-refractivity contribution in [2.24, 2.45) is 7.05 Å². The van der Waals surface area contributed by atoms with Crippen LogP contribution in [0.5, 0.6) is 0 Å². The van der Waals surface area contributed by atoms with Gasteiger partial charge in [0, 0.05) is 42.4 Å². The number of piperidine rings is 1. The lowest BCUT2D eigenvalue weighted by molar-refractivity contribution is -0.138. The highest BCUT2D eigenvalue weighted by atomic mass is 16.3. The predicted molar refractivity (Wildman–Crippen MR) is 133 cm³/mol. The van der Waals surface area contributed by atoms with Gasteiger partial charge in [-0.05, 0) is 38.7 Å². The van der Waals surface area contributed by atoms with Crippen LogP contribution < -0.4 is 5.73 Å². The molecule has 2 bridgehead atoms. The van der Waals surface area contributed by atoms with Gasteiger partial charge in [-0.2, -0.15) is 9.61 Å². The first-order valence-electron chi connectivity index (χ1n) is 12.3. The summed E-state index contributed by atoms with van der Waals surface area (Å²) in [7, 11) is 1.80. The minimum absolute atomic E-state index is 0.0174. The van der Waals surface area contributed by atoms with Gasteiger partial charge in [0.1, 0.15) is 24.4 Å². The number of anilines is 1. The number of aryl methyl sites for hydroxylation is 1. The molecule has 0 aromatic carbocycles. The Morgan fingerprint density at radius 2 is 1.89 bits per heavy atom. The zero-order valence-electron chi connectivity index (χ0n) is 20.6. The number of aliphatic hydroxyl groups excluding tert-OH is 1. The molecule has 6 heterocycles. The lowest BCUT2D eigenvalue weighted by Gasteiger charge is -2.39. The van der Waals surface area contributed by atoms with Crippen molar-refractivity contribution in [3.63, 3.8) is 0 Å². The van der Waals surface area contributed by atoms with E-state index in [9.17, 15) is 14.7 Å². The van der Waals surface area contributed by atoms with E-state index in [4.69, 9.17) is 10.7 Å². The number of carbonyl (C=O) groups excluding carboxylic acids is 2. The van der Waals surface area contributed by atoms with Crippen LogP contribution in [0.1, 0.15) is 54.6 Å². The third-order valence-corrected chi connectivity index (χ3v) is 7.51. The molecule has 4 aromatic rings. The molecule has 0 saturated carbocycles. The molecule has 2 aliphatic rings. The topological polar surface area (TPSA) is 157 Å². The average Bonchev–Trinajstić information content (AvgIpc) is 3.59. The number of hydrogen-bond acceptors (Lipinski definition) is 9. The number of ketones is 1. The molecule has 37 heavy (non-hydrogen) atoms. The number of nitrogen functional groups attached to an aromatic ring is 1. The number of aliphatic hydroxyl groups is 1. The van der Waals surface area contributed by atoms with E-state index < -0.39 is 6.61 Å². The van der Waals surface area contributed by atoms with Crippen LogP contribution in [-0.2, 0) is 11.8 Å². The van der Waals surface area contributed by atoms with Gasteiger partial charge in [-0.3, -0.25) is 19.3 Å². The maximum Gasteiger partial charge on any atom is 0.248 e. The molecule has 0 aliphatic carbocycles. The van der Waals surface area contributed by atoms with Crippen LogP contribution in [0.2, 0.25) is 0 Å². The maximum absolute atomic E-state index is 12.7. The Kier molecular flexibility index (Phi) is 5.48. The number of rotatable bonds is 5. The van der Waals surface area contributed by atoms with Crippen LogP contribution in [0, 0.1) is 0 Å². The van der Waals surface area contributed by atoms with E-state index in [1.807, 2.05) is 17.0 Å². The van der Waals surface area contributed by atoms with Gasteiger partial charge in [0.25, 0.3) is 0 Å². The van der Waals surface area contributed by atoms with E-state index in [0.717, 1.165) is 24.0 Å². The molecule has 2 aliphatic heterocycles. The lowest BCUT2D eigenvalue weighted by atomic mass is 9.85. The molecule has 3 N–H and O–H groups in total. The minimum atomic E-state index is -0.490. The van der Waals surface area contributed by atoms with Gasteiger partial charge in [-0.15, -0.1) is 5.10 Å². The SMILES string of the molecule is CC(=O)c1c([C@H]2C[C@H]3CC[C@@H](C2)N3C(=O)CO)nc2c(-c3ccc(-c4ncn(C)n4)nc3)cnn2c1N. The van der Waals surface area contributed by atoms with Gasteiger partial charge in [-0.25, -0.2) is 9.97 Å².